The maximum Gasteiger partial charge on any atom is 0.246 e. The van der Waals surface area contributed by atoms with Crippen molar-refractivity contribution in [2.24, 2.45) is 0 Å². The van der Waals surface area contributed by atoms with Crippen LogP contribution in [0.15, 0.2) is 17.3 Å². The zero-order valence-electron chi connectivity index (χ0n) is 12.3. The van der Waals surface area contributed by atoms with Crippen molar-refractivity contribution in [2.75, 3.05) is 20.3 Å². The molecule has 1 aliphatic rings. The summed E-state index contributed by atoms with van der Waals surface area (Å²) in [5.74, 6) is 0. The number of rotatable bonds is 5. The van der Waals surface area contributed by atoms with Crippen LogP contribution < -0.4 is 0 Å². The number of hydrogen-bond donors (Lipinski definition) is 0. The molecular formula is C13H20N4O3S. The van der Waals surface area contributed by atoms with Gasteiger partial charge < -0.3 is 4.74 Å². The monoisotopic (exact) mass is 312 g/mol. The van der Waals surface area contributed by atoms with E-state index in [0.29, 0.717) is 13.2 Å². The molecule has 0 aliphatic carbocycles. The predicted molar refractivity (Wildman–Crippen MR) is 76.0 cm³/mol. The van der Waals surface area contributed by atoms with Crippen molar-refractivity contribution in [1.82, 2.24) is 14.1 Å². The Bertz CT molecular complexity index is 614. The summed E-state index contributed by atoms with van der Waals surface area (Å²) in [5, 5.41) is 12.9. The van der Waals surface area contributed by atoms with E-state index in [1.807, 2.05) is 6.07 Å². The minimum atomic E-state index is -3.61. The maximum absolute atomic E-state index is 12.5. The van der Waals surface area contributed by atoms with Crippen molar-refractivity contribution in [3.8, 4) is 6.07 Å². The van der Waals surface area contributed by atoms with Gasteiger partial charge in [-0.1, -0.05) is 0 Å². The van der Waals surface area contributed by atoms with Crippen LogP contribution in [0.3, 0.4) is 0 Å². The molecule has 8 heteroatoms. The Kier molecular flexibility index (Phi) is 4.98. The highest BCUT2D eigenvalue weighted by molar-refractivity contribution is 7.89. The number of nitrogens with zero attached hydrogens (tertiary/aromatic N) is 4. The molecule has 116 valence electrons. The van der Waals surface area contributed by atoms with Crippen LogP contribution in [0, 0.1) is 11.3 Å². The van der Waals surface area contributed by atoms with Crippen LogP contribution in [0.2, 0.25) is 0 Å². The van der Waals surface area contributed by atoms with E-state index >= 15 is 0 Å². The first-order valence-corrected chi connectivity index (χ1v) is 8.37. The molecule has 0 amide bonds. The Morgan fingerprint density at radius 1 is 1.57 bits per heavy atom. The molecule has 1 atom stereocenters. The fraction of sp³-hybridized carbons (Fsp3) is 0.692. The van der Waals surface area contributed by atoms with Crippen molar-refractivity contribution < 1.29 is 13.2 Å². The lowest BCUT2D eigenvalue weighted by molar-refractivity contribution is 0.0662. The minimum Gasteiger partial charge on any atom is -0.381 e. The third-order valence-corrected chi connectivity index (χ3v) is 5.75. The van der Waals surface area contributed by atoms with Gasteiger partial charge in [-0.25, -0.2) is 8.42 Å². The molecule has 0 unspecified atom stereocenters. The van der Waals surface area contributed by atoms with Crippen molar-refractivity contribution >= 4 is 10.0 Å². The molecule has 0 N–H and O–H groups in total. The van der Waals surface area contributed by atoms with Crippen LogP contribution in [0.25, 0.3) is 0 Å². The first kappa shape index (κ1) is 15.9. The standard InChI is InChI=1S/C13H20N4O3S/c1-11(3-6-14)16(2)21(18,19)13-9-15-17(10-13)12-4-7-20-8-5-12/h9-12H,3-5,7-8H2,1-2H3/t11-/m1/s1. The second-order valence-corrected chi connectivity index (χ2v) is 7.23. The molecule has 1 aliphatic heterocycles. The smallest absolute Gasteiger partial charge is 0.246 e. The lowest BCUT2D eigenvalue weighted by Gasteiger charge is -2.23. The van der Waals surface area contributed by atoms with E-state index in [1.54, 1.807) is 17.8 Å². The number of ether oxygens (including phenoxy) is 1. The summed E-state index contributed by atoms with van der Waals surface area (Å²) in [6, 6.07) is 1.80. The average Bonchev–Trinajstić information content (AvgIpc) is 2.98. The summed E-state index contributed by atoms with van der Waals surface area (Å²) < 4.78 is 33.2. The minimum absolute atomic E-state index is 0.157. The third kappa shape index (κ3) is 3.43. The van der Waals surface area contributed by atoms with Gasteiger partial charge in [0.05, 0.1) is 24.7 Å². The second kappa shape index (κ2) is 6.56. The zero-order chi connectivity index (χ0) is 15.5. The summed E-state index contributed by atoms with van der Waals surface area (Å²) >= 11 is 0. The molecular weight excluding hydrogens is 292 g/mol. The second-order valence-electron chi connectivity index (χ2n) is 5.23. The molecule has 1 fully saturated rings. The SMILES string of the molecule is C[C@H](CC#N)N(C)S(=O)(=O)c1cnn(C2CCOCC2)c1. The van der Waals surface area contributed by atoms with Crippen molar-refractivity contribution in [3.63, 3.8) is 0 Å². The fourth-order valence-electron chi connectivity index (χ4n) is 2.27. The first-order valence-electron chi connectivity index (χ1n) is 6.93. The molecule has 0 bridgehead atoms. The number of aromatic nitrogens is 2. The Labute approximate surface area is 125 Å². The van der Waals surface area contributed by atoms with Gasteiger partial charge in [0, 0.05) is 32.5 Å². The molecule has 2 heterocycles. The molecule has 1 saturated heterocycles. The number of sulfonamides is 1. The normalized spacial score (nSPS) is 18.6. The van der Waals surface area contributed by atoms with Crippen molar-refractivity contribution in [3.05, 3.63) is 12.4 Å². The highest BCUT2D eigenvalue weighted by Gasteiger charge is 2.27. The molecule has 1 aromatic heterocycles. The summed E-state index contributed by atoms with van der Waals surface area (Å²) in [7, 11) is -2.12. The van der Waals surface area contributed by atoms with Gasteiger partial charge in [-0.15, -0.1) is 0 Å². The fourth-order valence-corrected chi connectivity index (χ4v) is 3.57. The van der Waals surface area contributed by atoms with Gasteiger partial charge in [0.1, 0.15) is 4.90 Å². The molecule has 0 saturated carbocycles. The molecule has 0 radical (unpaired) electrons. The summed E-state index contributed by atoms with van der Waals surface area (Å²) in [6.07, 6.45) is 4.77. The summed E-state index contributed by atoms with van der Waals surface area (Å²) in [6.45, 7) is 3.06. The van der Waals surface area contributed by atoms with E-state index in [1.165, 1.54) is 17.5 Å². The largest absolute Gasteiger partial charge is 0.381 e. The van der Waals surface area contributed by atoms with Gasteiger partial charge in [0.25, 0.3) is 0 Å². The van der Waals surface area contributed by atoms with E-state index < -0.39 is 10.0 Å². The molecule has 21 heavy (non-hydrogen) atoms. The zero-order valence-corrected chi connectivity index (χ0v) is 13.1. The van der Waals surface area contributed by atoms with Crippen molar-refractivity contribution in [2.45, 2.75) is 43.2 Å². The van der Waals surface area contributed by atoms with E-state index in [4.69, 9.17) is 10.00 Å². The molecule has 0 aromatic carbocycles. The summed E-state index contributed by atoms with van der Waals surface area (Å²) in [5.41, 5.74) is 0. The lowest BCUT2D eigenvalue weighted by atomic mass is 10.1. The van der Waals surface area contributed by atoms with Crippen LogP contribution in [0.1, 0.15) is 32.2 Å². The quantitative estimate of drug-likeness (QED) is 0.814. The van der Waals surface area contributed by atoms with Crippen LogP contribution in [0.5, 0.6) is 0 Å². The van der Waals surface area contributed by atoms with E-state index in [0.717, 1.165) is 12.8 Å². The number of nitriles is 1. The predicted octanol–water partition coefficient (Wildman–Crippen LogP) is 1.16. The van der Waals surface area contributed by atoms with Crippen LogP contribution >= 0.6 is 0 Å². The third-order valence-electron chi connectivity index (χ3n) is 3.83. The molecule has 7 nitrogen and oxygen atoms in total. The maximum atomic E-state index is 12.5. The first-order chi connectivity index (χ1) is 9.96. The molecule has 1 aromatic rings. The van der Waals surface area contributed by atoms with Crippen LogP contribution in [-0.4, -0.2) is 48.8 Å². The van der Waals surface area contributed by atoms with Crippen LogP contribution in [0.4, 0.5) is 0 Å². The van der Waals surface area contributed by atoms with Crippen LogP contribution in [-0.2, 0) is 14.8 Å². The van der Waals surface area contributed by atoms with Gasteiger partial charge in [0.15, 0.2) is 0 Å². The van der Waals surface area contributed by atoms with E-state index in [9.17, 15) is 8.42 Å². The van der Waals surface area contributed by atoms with Gasteiger partial charge >= 0.3 is 0 Å². The van der Waals surface area contributed by atoms with Gasteiger partial charge in [-0.2, -0.15) is 14.7 Å². The lowest BCUT2D eigenvalue weighted by Crippen LogP contribution is -2.34. The molecule has 0 spiro atoms. The average molecular weight is 312 g/mol. The van der Waals surface area contributed by atoms with E-state index in [-0.39, 0.29) is 23.4 Å². The van der Waals surface area contributed by atoms with Gasteiger partial charge in [-0.3, -0.25) is 4.68 Å². The van der Waals surface area contributed by atoms with Crippen molar-refractivity contribution in [1.29, 1.82) is 5.26 Å². The number of hydrogen-bond acceptors (Lipinski definition) is 5. The Balaban J connectivity index is 2.17. The van der Waals surface area contributed by atoms with Gasteiger partial charge in [0.2, 0.25) is 10.0 Å². The highest BCUT2D eigenvalue weighted by atomic mass is 32.2. The van der Waals surface area contributed by atoms with Gasteiger partial charge in [-0.05, 0) is 19.8 Å². The Hall–Kier alpha value is -1.43. The Morgan fingerprint density at radius 3 is 2.86 bits per heavy atom. The Morgan fingerprint density at radius 2 is 2.24 bits per heavy atom. The van der Waals surface area contributed by atoms with E-state index in [2.05, 4.69) is 5.10 Å². The highest BCUT2D eigenvalue weighted by Crippen LogP contribution is 2.23. The summed E-state index contributed by atoms with van der Waals surface area (Å²) in [4.78, 5) is 0.168. The molecule has 2 rings (SSSR count). The topological polar surface area (TPSA) is 88.2 Å².